The predicted molar refractivity (Wildman–Crippen MR) is 131 cm³/mol. The normalized spacial score (nSPS) is 19.5. The van der Waals surface area contributed by atoms with Crippen molar-refractivity contribution in [1.29, 1.82) is 0 Å². The van der Waals surface area contributed by atoms with Gasteiger partial charge >= 0.3 is 0 Å². The van der Waals surface area contributed by atoms with Gasteiger partial charge in [0.25, 0.3) is 17.5 Å². The van der Waals surface area contributed by atoms with Crippen molar-refractivity contribution in [2.24, 2.45) is 0 Å². The number of nitro benzene ring substituents is 1. The van der Waals surface area contributed by atoms with Gasteiger partial charge in [-0.2, -0.15) is 0 Å². The molecule has 0 aromatic heterocycles. The molecular formula is C26H29FN4O6. The number of non-ortho nitro benzene ring substituents is 1. The highest BCUT2D eigenvalue weighted by atomic mass is 19.1. The van der Waals surface area contributed by atoms with Gasteiger partial charge in [-0.1, -0.05) is 13.0 Å². The molecule has 2 aromatic rings. The molecule has 4 rings (SSSR count). The molecule has 37 heavy (non-hydrogen) atoms. The third-order valence-electron chi connectivity index (χ3n) is 7.01. The van der Waals surface area contributed by atoms with Gasteiger partial charge in [-0.3, -0.25) is 29.4 Å². The summed E-state index contributed by atoms with van der Waals surface area (Å²) in [4.78, 5) is 53.4. The van der Waals surface area contributed by atoms with Crippen LogP contribution in [0.2, 0.25) is 0 Å². The molecule has 2 heterocycles. The first kappa shape index (κ1) is 26.2. The number of piperidine rings is 1. The summed E-state index contributed by atoms with van der Waals surface area (Å²) in [6.07, 6.45) is 1.20. The summed E-state index contributed by atoms with van der Waals surface area (Å²) >= 11 is 0. The van der Waals surface area contributed by atoms with Gasteiger partial charge in [0, 0.05) is 55.2 Å². The molecule has 11 heteroatoms. The van der Waals surface area contributed by atoms with E-state index < -0.39 is 28.4 Å². The molecule has 1 spiro atoms. The number of hydrogen-bond acceptors (Lipinski definition) is 6. The maximum atomic E-state index is 13.6. The first-order valence-corrected chi connectivity index (χ1v) is 12.2. The Kier molecular flexibility index (Phi) is 7.53. The number of amides is 3. The fraction of sp³-hybridized carbons (Fsp3) is 0.423. The van der Waals surface area contributed by atoms with E-state index in [4.69, 9.17) is 4.74 Å². The Bertz CT molecular complexity index is 1200. The first-order chi connectivity index (χ1) is 17.6. The number of nitrogens with one attached hydrogen (secondary N) is 1. The van der Waals surface area contributed by atoms with E-state index in [1.54, 1.807) is 4.90 Å². The second-order valence-electron chi connectivity index (χ2n) is 9.37. The number of carbonyl (C=O) groups excluding carboxylic acids is 3. The van der Waals surface area contributed by atoms with E-state index in [1.807, 2.05) is 13.8 Å². The molecule has 10 nitrogen and oxygen atoms in total. The predicted octanol–water partition coefficient (Wildman–Crippen LogP) is 3.12. The van der Waals surface area contributed by atoms with E-state index in [2.05, 4.69) is 5.32 Å². The van der Waals surface area contributed by atoms with Crippen LogP contribution in [0.4, 0.5) is 10.1 Å². The first-order valence-electron chi connectivity index (χ1n) is 12.2. The standard InChI is InChI=1S/C26H29FN4O6/c1-3-17(2)28-23(32)22-16-37-26(30(22)25(34)18-7-9-20(27)10-8-18)11-13-29(14-12-26)24(33)19-5-4-6-21(15-19)31(35)36/h4-10,15,17,22H,3,11-14,16H2,1-2H3,(H,28,32)/t17-,22+/m0/s1. The molecule has 3 amide bonds. The third kappa shape index (κ3) is 5.31. The van der Waals surface area contributed by atoms with Gasteiger partial charge in [0.15, 0.2) is 0 Å². The van der Waals surface area contributed by atoms with Crippen LogP contribution in [0.3, 0.4) is 0 Å². The lowest BCUT2D eigenvalue weighted by Crippen LogP contribution is -2.60. The molecule has 0 saturated carbocycles. The fourth-order valence-corrected chi connectivity index (χ4v) is 4.73. The Labute approximate surface area is 213 Å². The summed E-state index contributed by atoms with van der Waals surface area (Å²) in [5, 5.41) is 14.0. The molecule has 0 unspecified atom stereocenters. The number of halogens is 1. The zero-order valence-corrected chi connectivity index (χ0v) is 20.7. The molecule has 2 atom stereocenters. The maximum Gasteiger partial charge on any atom is 0.270 e. The van der Waals surface area contributed by atoms with Crippen LogP contribution in [0, 0.1) is 15.9 Å². The average molecular weight is 513 g/mol. The number of nitro groups is 1. The summed E-state index contributed by atoms with van der Waals surface area (Å²) in [7, 11) is 0. The van der Waals surface area contributed by atoms with E-state index in [-0.39, 0.29) is 67.2 Å². The number of carbonyl (C=O) groups is 3. The second kappa shape index (κ2) is 10.6. The number of nitrogens with zero attached hydrogens (tertiary/aromatic N) is 3. The molecule has 0 bridgehead atoms. The van der Waals surface area contributed by atoms with Crippen molar-refractivity contribution in [3.63, 3.8) is 0 Å². The van der Waals surface area contributed by atoms with E-state index in [9.17, 15) is 28.9 Å². The Morgan fingerprint density at radius 1 is 1.14 bits per heavy atom. The molecule has 0 radical (unpaired) electrons. The molecule has 2 saturated heterocycles. The number of likely N-dealkylation sites (tertiary alicyclic amines) is 1. The minimum atomic E-state index is -1.12. The van der Waals surface area contributed by atoms with Gasteiger partial charge in [-0.15, -0.1) is 0 Å². The molecule has 2 fully saturated rings. The van der Waals surface area contributed by atoms with Gasteiger partial charge in [0.1, 0.15) is 17.6 Å². The van der Waals surface area contributed by atoms with Crippen molar-refractivity contribution in [3.8, 4) is 0 Å². The smallest absolute Gasteiger partial charge is 0.270 e. The van der Waals surface area contributed by atoms with Crippen molar-refractivity contribution in [3.05, 3.63) is 75.6 Å². The lowest BCUT2D eigenvalue weighted by atomic mass is 9.96. The molecule has 2 aliphatic rings. The van der Waals surface area contributed by atoms with Gasteiger partial charge in [-0.05, 0) is 43.7 Å². The highest BCUT2D eigenvalue weighted by Gasteiger charge is 2.54. The van der Waals surface area contributed by atoms with Gasteiger partial charge in [0.2, 0.25) is 5.91 Å². The lowest BCUT2D eigenvalue weighted by molar-refractivity contribution is -0.384. The third-order valence-corrected chi connectivity index (χ3v) is 7.01. The van der Waals surface area contributed by atoms with Crippen molar-refractivity contribution >= 4 is 23.4 Å². The van der Waals surface area contributed by atoms with Crippen molar-refractivity contribution in [2.75, 3.05) is 19.7 Å². The Hall–Kier alpha value is -3.86. The Morgan fingerprint density at radius 2 is 1.81 bits per heavy atom. The topological polar surface area (TPSA) is 122 Å². The summed E-state index contributed by atoms with van der Waals surface area (Å²) in [6, 6.07) is 9.66. The summed E-state index contributed by atoms with van der Waals surface area (Å²) in [5.74, 6) is -1.64. The van der Waals surface area contributed by atoms with Crippen molar-refractivity contribution < 1.29 is 28.4 Å². The largest absolute Gasteiger partial charge is 0.353 e. The number of benzene rings is 2. The SMILES string of the molecule is CC[C@H](C)NC(=O)[C@H]1COC2(CCN(C(=O)c3cccc([N+](=O)[O-])c3)CC2)N1C(=O)c1ccc(F)cc1. The maximum absolute atomic E-state index is 13.6. The lowest BCUT2D eigenvalue weighted by Gasteiger charge is -2.44. The zero-order chi connectivity index (χ0) is 26.7. The molecule has 2 aromatic carbocycles. The second-order valence-corrected chi connectivity index (χ2v) is 9.37. The van der Waals surface area contributed by atoms with Gasteiger partial charge in [0.05, 0.1) is 11.5 Å². The summed E-state index contributed by atoms with van der Waals surface area (Å²) in [6.45, 7) is 4.23. The van der Waals surface area contributed by atoms with Crippen LogP contribution < -0.4 is 5.32 Å². The average Bonchev–Trinajstić information content (AvgIpc) is 3.27. The van der Waals surface area contributed by atoms with Crippen LogP contribution in [0.25, 0.3) is 0 Å². The van der Waals surface area contributed by atoms with Crippen LogP contribution in [-0.4, -0.2) is 69.9 Å². The monoisotopic (exact) mass is 512 g/mol. The van der Waals surface area contributed by atoms with Crippen molar-refractivity contribution in [2.45, 2.75) is 50.9 Å². The Balaban J connectivity index is 1.57. The van der Waals surface area contributed by atoms with Crippen LogP contribution in [0.1, 0.15) is 53.8 Å². The van der Waals surface area contributed by atoms with Crippen molar-refractivity contribution in [1.82, 2.24) is 15.1 Å². The number of ether oxygens (including phenoxy) is 1. The van der Waals surface area contributed by atoms with Crippen LogP contribution in [-0.2, 0) is 9.53 Å². The highest BCUT2D eigenvalue weighted by Crippen LogP contribution is 2.39. The van der Waals surface area contributed by atoms with Crippen LogP contribution in [0.15, 0.2) is 48.5 Å². The minimum absolute atomic E-state index is 0.00592. The molecular weight excluding hydrogens is 483 g/mol. The molecule has 0 aliphatic carbocycles. The summed E-state index contributed by atoms with van der Waals surface area (Å²) < 4.78 is 19.6. The minimum Gasteiger partial charge on any atom is -0.353 e. The van der Waals surface area contributed by atoms with E-state index in [1.165, 1.54) is 53.4 Å². The van der Waals surface area contributed by atoms with Gasteiger partial charge in [-0.25, -0.2) is 4.39 Å². The Morgan fingerprint density at radius 3 is 2.43 bits per heavy atom. The summed E-state index contributed by atoms with van der Waals surface area (Å²) in [5.41, 5.74) is -0.877. The van der Waals surface area contributed by atoms with Gasteiger partial charge < -0.3 is 15.0 Å². The molecule has 196 valence electrons. The molecule has 1 N–H and O–H groups in total. The number of rotatable bonds is 6. The fourth-order valence-electron chi connectivity index (χ4n) is 4.73. The number of hydrogen-bond donors (Lipinski definition) is 1. The quantitative estimate of drug-likeness (QED) is 0.469. The van der Waals surface area contributed by atoms with E-state index in [0.29, 0.717) is 6.42 Å². The van der Waals surface area contributed by atoms with Crippen LogP contribution >= 0.6 is 0 Å². The van der Waals surface area contributed by atoms with E-state index in [0.717, 1.165) is 0 Å². The zero-order valence-electron chi connectivity index (χ0n) is 20.7. The highest BCUT2D eigenvalue weighted by molar-refractivity contribution is 5.98. The van der Waals surface area contributed by atoms with Crippen LogP contribution in [0.5, 0.6) is 0 Å². The van der Waals surface area contributed by atoms with E-state index >= 15 is 0 Å². The molecule has 2 aliphatic heterocycles.